The summed E-state index contributed by atoms with van der Waals surface area (Å²) in [5.74, 6) is 3.23. The summed E-state index contributed by atoms with van der Waals surface area (Å²) in [6.45, 7) is 7.81. The van der Waals surface area contributed by atoms with E-state index in [0.717, 1.165) is 36.8 Å². The zero-order valence-corrected chi connectivity index (χ0v) is 11.8. The van der Waals surface area contributed by atoms with Crippen molar-refractivity contribution in [2.24, 2.45) is 0 Å². The van der Waals surface area contributed by atoms with Crippen molar-refractivity contribution < 1.29 is 4.74 Å². The molecule has 1 aromatic carbocycles. The van der Waals surface area contributed by atoms with Crippen molar-refractivity contribution in [3.05, 3.63) is 42.0 Å². The van der Waals surface area contributed by atoms with Gasteiger partial charge in [-0.2, -0.15) is 11.8 Å². The van der Waals surface area contributed by atoms with Gasteiger partial charge in [0, 0.05) is 30.5 Å². The van der Waals surface area contributed by atoms with Gasteiger partial charge in [0.2, 0.25) is 0 Å². The zero-order chi connectivity index (χ0) is 12.8. The van der Waals surface area contributed by atoms with E-state index in [1.54, 1.807) is 0 Å². The second-order valence-electron chi connectivity index (χ2n) is 4.51. The summed E-state index contributed by atoms with van der Waals surface area (Å²) in [5.41, 5.74) is 2.70. The molecule has 1 heterocycles. The number of thioether (sulfide) groups is 1. The monoisotopic (exact) mass is 263 g/mol. The van der Waals surface area contributed by atoms with Gasteiger partial charge in [-0.15, -0.1) is 6.58 Å². The number of hydrogen-bond acceptors (Lipinski definition) is 3. The first-order chi connectivity index (χ1) is 8.81. The average molecular weight is 263 g/mol. The molecule has 0 fully saturated rings. The van der Waals surface area contributed by atoms with Gasteiger partial charge in [0.05, 0.1) is 6.61 Å². The molecule has 18 heavy (non-hydrogen) atoms. The largest absolute Gasteiger partial charge is 0.493 e. The fourth-order valence-corrected chi connectivity index (χ4v) is 2.70. The molecule has 2 nitrogen and oxygen atoms in total. The van der Waals surface area contributed by atoms with Crippen molar-refractivity contribution in [3.63, 3.8) is 0 Å². The lowest BCUT2D eigenvalue weighted by molar-refractivity contribution is 0.356. The van der Waals surface area contributed by atoms with Gasteiger partial charge in [-0.05, 0) is 24.1 Å². The quantitative estimate of drug-likeness (QED) is 0.603. The number of benzene rings is 1. The van der Waals surface area contributed by atoms with Crippen molar-refractivity contribution in [2.45, 2.75) is 19.4 Å². The van der Waals surface area contributed by atoms with Crippen molar-refractivity contribution in [1.82, 2.24) is 5.32 Å². The molecule has 0 amide bonds. The predicted octanol–water partition coefficient (Wildman–Crippen LogP) is 3.19. The molecule has 1 aliphatic rings. The number of hydrogen-bond donors (Lipinski definition) is 1. The Bertz CT molecular complexity index is 405. The molecule has 0 spiro atoms. The Morgan fingerprint density at radius 2 is 2.44 bits per heavy atom. The molecule has 0 radical (unpaired) electrons. The maximum Gasteiger partial charge on any atom is 0.122 e. The van der Waals surface area contributed by atoms with E-state index < -0.39 is 0 Å². The third-order valence-electron chi connectivity index (χ3n) is 3.15. The Morgan fingerprint density at radius 3 is 3.28 bits per heavy atom. The number of ether oxygens (including phenoxy) is 1. The van der Waals surface area contributed by atoms with Gasteiger partial charge >= 0.3 is 0 Å². The molecule has 1 N–H and O–H groups in total. The summed E-state index contributed by atoms with van der Waals surface area (Å²) in [5, 5.41) is 3.55. The molecule has 0 aromatic heterocycles. The van der Waals surface area contributed by atoms with Gasteiger partial charge in [-0.25, -0.2) is 0 Å². The summed E-state index contributed by atoms with van der Waals surface area (Å²) < 4.78 is 5.53. The SMILES string of the molecule is C=CCSCCNC(C)c1ccc2c(c1)CCO2. The van der Waals surface area contributed by atoms with Crippen LogP contribution in [0.4, 0.5) is 0 Å². The van der Waals surface area contributed by atoms with E-state index in [4.69, 9.17) is 4.74 Å². The Hall–Kier alpha value is -0.930. The molecule has 1 aliphatic heterocycles. The lowest BCUT2D eigenvalue weighted by Gasteiger charge is -2.15. The third kappa shape index (κ3) is 3.53. The highest BCUT2D eigenvalue weighted by Crippen LogP contribution is 2.27. The highest BCUT2D eigenvalue weighted by atomic mass is 32.2. The lowest BCUT2D eigenvalue weighted by Crippen LogP contribution is -2.21. The van der Waals surface area contributed by atoms with Crippen LogP contribution in [0.25, 0.3) is 0 Å². The summed E-state index contributed by atoms with van der Waals surface area (Å²) >= 11 is 1.91. The molecule has 0 saturated heterocycles. The molecule has 1 atom stereocenters. The topological polar surface area (TPSA) is 21.3 Å². The third-order valence-corrected chi connectivity index (χ3v) is 4.11. The number of fused-ring (bicyclic) bond motifs is 1. The van der Waals surface area contributed by atoms with Gasteiger partial charge in [-0.1, -0.05) is 18.2 Å². The van der Waals surface area contributed by atoms with Crippen molar-refractivity contribution >= 4 is 11.8 Å². The summed E-state index contributed by atoms with van der Waals surface area (Å²) in [6, 6.07) is 6.94. The number of nitrogens with one attached hydrogen (secondary N) is 1. The van der Waals surface area contributed by atoms with Crippen LogP contribution in [-0.4, -0.2) is 24.7 Å². The molecule has 2 rings (SSSR count). The predicted molar refractivity (Wildman–Crippen MR) is 79.6 cm³/mol. The Labute approximate surface area is 114 Å². The van der Waals surface area contributed by atoms with Gasteiger partial charge in [-0.3, -0.25) is 0 Å². The van der Waals surface area contributed by atoms with E-state index in [2.05, 4.69) is 37.0 Å². The minimum Gasteiger partial charge on any atom is -0.493 e. The second-order valence-corrected chi connectivity index (χ2v) is 5.65. The summed E-state index contributed by atoms with van der Waals surface area (Å²) in [4.78, 5) is 0. The van der Waals surface area contributed by atoms with Crippen LogP contribution in [0.15, 0.2) is 30.9 Å². The van der Waals surface area contributed by atoms with Gasteiger partial charge in [0.1, 0.15) is 5.75 Å². The molecule has 1 unspecified atom stereocenters. The maximum absolute atomic E-state index is 5.53. The average Bonchev–Trinajstić information content (AvgIpc) is 2.85. The van der Waals surface area contributed by atoms with Crippen LogP contribution >= 0.6 is 11.8 Å². The lowest BCUT2D eigenvalue weighted by atomic mass is 10.0. The standard InChI is InChI=1S/C15H21NOS/c1-3-9-18-10-7-16-12(2)13-4-5-15-14(11-13)6-8-17-15/h3-5,11-12,16H,1,6-10H2,2H3. The molecular formula is C15H21NOS. The van der Waals surface area contributed by atoms with E-state index in [9.17, 15) is 0 Å². The van der Waals surface area contributed by atoms with Crippen LogP contribution < -0.4 is 10.1 Å². The Kier molecular flexibility index (Phi) is 5.14. The van der Waals surface area contributed by atoms with Crippen molar-refractivity contribution in [1.29, 1.82) is 0 Å². The smallest absolute Gasteiger partial charge is 0.122 e. The maximum atomic E-state index is 5.53. The molecule has 3 heteroatoms. The highest BCUT2D eigenvalue weighted by molar-refractivity contribution is 7.99. The van der Waals surface area contributed by atoms with Crippen LogP contribution in [0.5, 0.6) is 5.75 Å². The first-order valence-corrected chi connectivity index (χ1v) is 7.64. The minimum atomic E-state index is 0.403. The summed E-state index contributed by atoms with van der Waals surface area (Å²) in [6.07, 6.45) is 3.00. The highest BCUT2D eigenvalue weighted by Gasteiger charge is 2.14. The van der Waals surface area contributed by atoms with Crippen LogP contribution in [0.3, 0.4) is 0 Å². The van der Waals surface area contributed by atoms with Crippen LogP contribution in [0, 0.1) is 0 Å². The molecule has 0 aliphatic carbocycles. The Balaban J connectivity index is 1.81. The van der Waals surface area contributed by atoms with E-state index in [-0.39, 0.29) is 0 Å². The van der Waals surface area contributed by atoms with E-state index in [1.165, 1.54) is 11.1 Å². The molecule has 1 aromatic rings. The normalized spacial score (nSPS) is 14.9. The Morgan fingerprint density at radius 1 is 1.56 bits per heavy atom. The molecule has 0 saturated carbocycles. The van der Waals surface area contributed by atoms with Crippen LogP contribution in [0.2, 0.25) is 0 Å². The van der Waals surface area contributed by atoms with Crippen molar-refractivity contribution in [2.75, 3.05) is 24.7 Å². The first kappa shape index (κ1) is 13.5. The van der Waals surface area contributed by atoms with Gasteiger partial charge < -0.3 is 10.1 Å². The van der Waals surface area contributed by atoms with E-state index in [0.29, 0.717) is 6.04 Å². The molecule has 0 bridgehead atoms. The first-order valence-electron chi connectivity index (χ1n) is 6.49. The van der Waals surface area contributed by atoms with E-state index >= 15 is 0 Å². The zero-order valence-electron chi connectivity index (χ0n) is 10.9. The second kappa shape index (κ2) is 6.86. The molecule has 98 valence electrons. The summed E-state index contributed by atoms with van der Waals surface area (Å²) in [7, 11) is 0. The minimum absolute atomic E-state index is 0.403. The fraction of sp³-hybridized carbons (Fsp3) is 0.467. The van der Waals surface area contributed by atoms with Crippen LogP contribution in [0.1, 0.15) is 24.1 Å². The fourth-order valence-electron chi connectivity index (χ4n) is 2.11. The van der Waals surface area contributed by atoms with Gasteiger partial charge in [0.25, 0.3) is 0 Å². The van der Waals surface area contributed by atoms with Gasteiger partial charge in [0.15, 0.2) is 0 Å². The van der Waals surface area contributed by atoms with Crippen LogP contribution in [-0.2, 0) is 6.42 Å². The van der Waals surface area contributed by atoms with Crippen molar-refractivity contribution in [3.8, 4) is 5.75 Å². The molecular weight excluding hydrogens is 242 g/mol. The van der Waals surface area contributed by atoms with E-state index in [1.807, 2.05) is 17.8 Å². The number of rotatable bonds is 7.